The highest BCUT2D eigenvalue weighted by Crippen LogP contribution is 2.28. The second-order valence-electron chi connectivity index (χ2n) is 5.08. The summed E-state index contributed by atoms with van der Waals surface area (Å²) in [4.78, 5) is 0. The topological polar surface area (TPSA) is 23.8 Å². The average molecular weight is 275 g/mol. The Bertz CT molecular complexity index is 812. The van der Waals surface area contributed by atoms with Gasteiger partial charge in [0.05, 0.1) is 12.0 Å². The van der Waals surface area contributed by atoms with Gasteiger partial charge in [0.2, 0.25) is 0 Å². The van der Waals surface area contributed by atoms with Crippen molar-refractivity contribution in [2.75, 3.05) is 0 Å². The van der Waals surface area contributed by atoms with Crippen molar-refractivity contribution in [3.63, 3.8) is 0 Å². The van der Waals surface area contributed by atoms with Crippen molar-refractivity contribution in [3.8, 4) is 6.07 Å². The maximum atomic E-state index is 13.3. The first kappa shape index (κ1) is 13.3. The van der Waals surface area contributed by atoms with Crippen LogP contribution in [0.15, 0.2) is 66.7 Å². The molecular formula is C19H14FN. The number of nitrogens with zero attached hydrogens (tertiary/aromatic N) is 1. The quantitative estimate of drug-likeness (QED) is 0.671. The van der Waals surface area contributed by atoms with Crippen LogP contribution >= 0.6 is 0 Å². The highest BCUT2D eigenvalue weighted by Gasteiger charge is 2.14. The number of benzene rings is 3. The van der Waals surface area contributed by atoms with Crippen LogP contribution in [0.3, 0.4) is 0 Å². The van der Waals surface area contributed by atoms with Gasteiger partial charge in [-0.3, -0.25) is 0 Å². The van der Waals surface area contributed by atoms with Gasteiger partial charge in [-0.05, 0) is 40.5 Å². The molecule has 0 aliphatic heterocycles. The highest BCUT2D eigenvalue weighted by atomic mass is 19.1. The van der Waals surface area contributed by atoms with Gasteiger partial charge in [-0.1, -0.05) is 54.6 Å². The molecule has 1 unspecified atom stereocenters. The van der Waals surface area contributed by atoms with Gasteiger partial charge in [0.25, 0.3) is 0 Å². The Morgan fingerprint density at radius 3 is 2.52 bits per heavy atom. The van der Waals surface area contributed by atoms with Gasteiger partial charge >= 0.3 is 0 Å². The summed E-state index contributed by atoms with van der Waals surface area (Å²) >= 11 is 0. The highest BCUT2D eigenvalue weighted by molar-refractivity contribution is 5.86. The summed E-state index contributed by atoms with van der Waals surface area (Å²) in [5, 5.41) is 11.7. The maximum absolute atomic E-state index is 13.3. The minimum atomic E-state index is -0.280. The Morgan fingerprint density at radius 1 is 0.952 bits per heavy atom. The third-order valence-electron chi connectivity index (χ3n) is 3.68. The van der Waals surface area contributed by atoms with Crippen molar-refractivity contribution in [2.24, 2.45) is 0 Å². The van der Waals surface area contributed by atoms with E-state index < -0.39 is 0 Å². The first-order valence-corrected chi connectivity index (χ1v) is 6.89. The zero-order valence-electron chi connectivity index (χ0n) is 11.5. The van der Waals surface area contributed by atoms with Crippen LogP contribution in [0.1, 0.15) is 17.0 Å². The third-order valence-corrected chi connectivity index (χ3v) is 3.68. The van der Waals surface area contributed by atoms with E-state index in [1.165, 1.54) is 12.1 Å². The summed E-state index contributed by atoms with van der Waals surface area (Å²) < 4.78 is 13.3. The number of hydrogen-bond donors (Lipinski definition) is 0. The van der Waals surface area contributed by atoms with Crippen molar-refractivity contribution in [3.05, 3.63) is 83.7 Å². The normalized spacial score (nSPS) is 12.0. The molecule has 3 aromatic rings. The molecule has 21 heavy (non-hydrogen) atoms. The van der Waals surface area contributed by atoms with E-state index in [1.807, 2.05) is 48.5 Å². The van der Waals surface area contributed by atoms with Gasteiger partial charge in [-0.2, -0.15) is 5.26 Å². The van der Waals surface area contributed by atoms with Gasteiger partial charge in [0, 0.05) is 0 Å². The van der Waals surface area contributed by atoms with Crippen molar-refractivity contribution < 1.29 is 4.39 Å². The molecule has 0 radical (unpaired) electrons. The van der Waals surface area contributed by atoms with E-state index in [2.05, 4.69) is 6.07 Å². The van der Waals surface area contributed by atoms with Gasteiger partial charge in [0.1, 0.15) is 5.82 Å². The molecule has 102 valence electrons. The van der Waals surface area contributed by atoms with Gasteiger partial charge in [-0.25, -0.2) is 4.39 Å². The first-order chi connectivity index (χ1) is 10.3. The Hall–Kier alpha value is -2.66. The smallest absolute Gasteiger partial charge is 0.123 e. The van der Waals surface area contributed by atoms with Crippen LogP contribution in [-0.4, -0.2) is 0 Å². The van der Waals surface area contributed by atoms with Crippen LogP contribution in [0.25, 0.3) is 10.8 Å². The second-order valence-corrected chi connectivity index (χ2v) is 5.08. The SMILES string of the molecule is N#CC(Cc1cccc(F)c1)c1cccc2ccccc12. The van der Waals surface area contributed by atoms with Gasteiger partial charge in [-0.15, -0.1) is 0 Å². The first-order valence-electron chi connectivity index (χ1n) is 6.89. The standard InChI is InChI=1S/C19H14FN/c20-17-8-3-5-14(12-17)11-16(13-21)19-10-4-7-15-6-1-2-9-18(15)19/h1-10,12,16H,11H2. The molecule has 0 heterocycles. The largest absolute Gasteiger partial charge is 0.207 e. The molecule has 0 fully saturated rings. The summed E-state index contributed by atoms with van der Waals surface area (Å²) in [6.45, 7) is 0. The van der Waals surface area contributed by atoms with Crippen LogP contribution in [-0.2, 0) is 6.42 Å². The molecule has 1 atom stereocenters. The van der Waals surface area contributed by atoms with Crippen molar-refractivity contribution in [1.29, 1.82) is 5.26 Å². The second kappa shape index (κ2) is 5.76. The van der Waals surface area contributed by atoms with E-state index in [0.29, 0.717) is 6.42 Å². The van der Waals surface area contributed by atoms with E-state index in [0.717, 1.165) is 21.9 Å². The number of fused-ring (bicyclic) bond motifs is 1. The molecule has 0 bridgehead atoms. The molecule has 3 rings (SSSR count). The summed E-state index contributed by atoms with van der Waals surface area (Å²) in [5.41, 5.74) is 1.84. The Labute approximate surface area is 123 Å². The summed E-state index contributed by atoms with van der Waals surface area (Å²) in [6.07, 6.45) is 0.516. The van der Waals surface area contributed by atoms with E-state index in [-0.39, 0.29) is 11.7 Å². The predicted molar refractivity (Wildman–Crippen MR) is 82.4 cm³/mol. The molecule has 0 aromatic heterocycles. The van der Waals surface area contributed by atoms with Crippen LogP contribution in [0.5, 0.6) is 0 Å². The molecule has 0 N–H and O–H groups in total. The molecule has 2 heteroatoms. The lowest BCUT2D eigenvalue weighted by Crippen LogP contribution is -2.01. The van der Waals surface area contributed by atoms with Crippen molar-refractivity contribution >= 4 is 10.8 Å². The van der Waals surface area contributed by atoms with Crippen LogP contribution in [0.2, 0.25) is 0 Å². The minimum absolute atomic E-state index is 0.262. The lowest BCUT2D eigenvalue weighted by Gasteiger charge is -2.13. The van der Waals surface area contributed by atoms with Crippen LogP contribution in [0, 0.1) is 17.1 Å². The average Bonchev–Trinajstić information content (AvgIpc) is 2.52. The summed E-state index contributed by atoms with van der Waals surface area (Å²) in [6, 6.07) is 22.8. The Morgan fingerprint density at radius 2 is 1.71 bits per heavy atom. The Balaban J connectivity index is 2.01. The minimum Gasteiger partial charge on any atom is -0.207 e. The molecule has 0 amide bonds. The number of halogens is 1. The van der Waals surface area contributed by atoms with E-state index >= 15 is 0 Å². The number of rotatable bonds is 3. The van der Waals surface area contributed by atoms with Crippen LogP contribution < -0.4 is 0 Å². The van der Waals surface area contributed by atoms with Gasteiger partial charge in [0.15, 0.2) is 0 Å². The van der Waals surface area contributed by atoms with Crippen LogP contribution in [0.4, 0.5) is 4.39 Å². The zero-order valence-corrected chi connectivity index (χ0v) is 11.5. The molecule has 0 saturated carbocycles. The fourth-order valence-corrected chi connectivity index (χ4v) is 2.68. The predicted octanol–water partition coefficient (Wildman–Crippen LogP) is 4.83. The molecule has 0 aliphatic carbocycles. The summed E-state index contributed by atoms with van der Waals surface area (Å²) in [5.74, 6) is -0.542. The fraction of sp³-hybridized carbons (Fsp3) is 0.105. The molecule has 0 aliphatic rings. The molecular weight excluding hydrogens is 261 g/mol. The number of hydrogen-bond acceptors (Lipinski definition) is 1. The monoisotopic (exact) mass is 275 g/mol. The maximum Gasteiger partial charge on any atom is 0.123 e. The van der Waals surface area contributed by atoms with E-state index in [1.54, 1.807) is 6.07 Å². The Kier molecular flexibility index (Phi) is 3.66. The third kappa shape index (κ3) is 2.78. The summed E-state index contributed by atoms with van der Waals surface area (Å²) in [7, 11) is 0. The number of nitriles is 1. The lowest BCUT2D eigenvalue weighted by atomic mass is 9.89. The fourth-order valence-electron chi connectivity index (χ4n) is 2.68. The van der Waals surface area contributed by atoms with Crippen molar-refractivity contribution in [1.82, 2.24) is 0 Å². The van der Waals surface area contributed by atoms with E-state index in [4.69, 9.17) is 0 Å². The lowest BCUT2D eigenvalue weighted by molar-refractivity contribution is 0.624. The van der Waals surface area contributed by atoms with E-state index in [9.17, 15) is 9.65 Å². The molecule has 1 nitrogen and oxygen atoms in total. The zero-order chi connectivity index (χ0) is 14.7. The molecule has 0 spiro atoms. The molecule has 0 saturated heterocycles. The molecule has 3 aromatic carbocycles. The van der Waals surface area contributed by atoms with Crippen molar-refractivity contribution in [2.45, 2.75) is 12.3 Å². The van der Waals surface area contributed by atoms with Gasteiger partial charge < -0.3 is 0 Å².